The number of hydrogen-bond donors (Lipinski definition) is 0. The lowest BCUT2D eigenvalue weighted by Gasteiger charge is -2.22. The van der Waals surface area contributed by atoms with Crippen LogP contribution in [-0.2, 0) is 9.53 Å². The zero-order valence-electron chi connectivity index (χ0n) is 10.4. The van der Waals surface area contributed by atoms with Gasteiger partial charge in [-0.25, -0.2) is 0 Å². The van der Waals surface area contributed by atoms with E-state index in [2.05, 4.69) is 4.90 Å². The number of esters is 1. The lowest BCUT2D eigenvalue weighted by atomic mass is 10.2. The highest BCUT2D eigenvalue weighted by molar-refractivity contribution is 8.22. The molecule has 0 amide bonds. The van der Waals surface area contributed by atoms with Crippen molar-refractivity contribution < 1.29 is 9.53 Å². The average Bonchev–Trinajstić information content (AvgIpc) is 2.57. The summed E-state index contributed by atoms with van der Waals surface area (Å²) in [6, 6.07) is 0. The highest BCUT2D eigenvalue weighted by Crippen LogP contribution is 2.16. The quantitative estimate of drug-likeness (QED) is 0.581. The Hall–Kier alpha value is -0.290. The van der Waals surface area contributed by atoms with Crippen LogP contribution >= 0.6 is 24.0 Å². The average molecular weight is 275 g/mol. The summed E-state index contributed by atoms with van der Waals surface area (Å²) in [6.45, 7) is 4.43. The van der Waals surface area contributed by atoms with E-state index in [4.69, 9.17) is 17.0 Å². The molecule has 0 aliphatic carbocycles. The van der Waals surface area contributed by atoms with Crippen molar-refractivity contribution in [1.82, 2.24) is 4.90 Å². The molecule has 0 aromatic heterocycles. The number of nitrogens with zero attached hydrogens (tertiary/aromatic N) is 1. The molecule has 0 bridgehead atoms. The van der Waals surface area contributed by atoms with E-state index in [1.165, 1.54) is 25.7 Å². The van der Waals surface area contributed by atoms with Crippen molar-refractivity contribution in [2.45, 2.75) is 39.0 Å². The van der Waals surface area contributed by atoms with Gasteiger partial charge in [0.1, 0.15) is 4.32 Å². The summed E-state index contributed by atoms with van der Waals surface area (Å²) < 4.78 is 5.82. The van der Waals surface area contributed by atoms with Gasteiger partial charge >= 0.3 is 5.97 Å². The number of thiocarbonyl (C=S) groups is 1. The molecule has 0 N–H and O–H groups in total. The molecule has 5 heteroatoms. The molecule has 1 saturated heterocycles. The Balaban J connectivity index is 2.17. The third-order valence-corrected chi connectivity index (χ3v) is 4.23. The van der Waals surface area contributed by atoms with E-state index in [1.54, 1.807) is 11.8 Å². The van der Waals surface area contributed by atoms with E-state index in [-0.39, 0.29) is 5.97 Å². The minimum atomic E-state index is -0.126. The number of carbonyl (C=O) groups excluding carboxylic acids is 1. The lowest BCUT2D eigenvalue weighted by molar-refractivity contribution is -0.142. The number of hydrogen-bond acceptors (Lipinski definition) is 4. The number of thioether (sulfide) groups is 1. The Morgan fingerprint density at radius 1 is 1.29 bits per heavy atom. The summed E-state index contributed by atoms with van der Waals surface area (Å²) >= 11 is 6.99. The van der Waals surface area contributed by atoms with Gasteiger partial charge in [-0.2, -0.15) is 0 Å². The third-order valence-electron chi connectivity index (χ3n) is 2.70. The number of ether oxygens (including phenoxy) is 1. The van der Waals surface area contributed by atoms with Crippen LogP contribution in [0.25, 0.3) is 0 Å². The summed E-state index contributed by atoms with van der Waals surface area (Å²) in [7, 11) is 0. The van der Waals surface area contributed by atoms with Gasteiger partial charge in [-0.15, -0.1) is 0 Å². The molecule has 98 valence electrons. The summed E-state index contributed by atoms with van der Waals surface area (Å²) in [5.74, 6) is 0.604. The first-order valence-corrected chi connectivity index (χ1v) is 7.70. The van der Waals surface area contributed by atoms with E-state index < -0.39 is 0 Å². The first-order chi connectivity index (χ1) is 8.24. The molecule has 1 fully saturated rings. The van der Waals surface area contributed by atoms with E-state index in [9.17, 15) is 4.79 Å². The van der Waals surface area contributed by atoms with E-state index >= 15 is 0 Å². The number of rotatable bonds is 4. The third kappa shape index (κ3) is 6.27. The SMILES string of the molecule is CCOC(=O)CCSC(=S)N1CCCCCC1. The predicted molar refractivity (Wildman–Crippen MR) is 76.3 cm³/mol. The minimum Gasteiger partial charge on any atom is -0.466 e. The van der Waals surface area contributed by atoms with Gasteiger partial charge in [-0.05, 0) is 19.8 Å². The van der Waals surface area contributed by atoms with Crippen LogP contribution in [0.5, 0.6) is 0 Å². The van der Waals surface area contributed by atoms with Crippen LogP contribution in [0.3, 0.4) is 0 Å². The Morgan fingerprint density at radius 2 is 1.94 bits per heavy atom. The van der Waals surface area contributed by atoms with Crippen molar-refractivity contribution in [1.29, 1.82) is 0 Å². The molecule has 1 aliphatic rings. The molecule has 1 rings (SSSR count). The van der Waals surface area contributed by atoms with Gasteiger partial charge in [-0.1, -0.05) is 36.8 Å². The maximum absolute atomic E-state index is 11.2. The molecule has 0 spiro atoms. The molecule has 17 heavy (non-hydrogen) atoms. The van der Waals surface area contributed by atoms with Gasteiger partial charge in [0.05, 0.1) is 13.0 Å². The van der Waals surface area contributed by atoms with E-state index in [0.29, 0.717) is 13.0 Å². The van der Waals surface area contributed by atoms with Gasteiger partial charge in [0, 0.05) is 18.8 Å². The van der Waals surface area contributed by atoms with Crippen LogP contribution < -0.4 is 0 Å². The molecule has 0 atom stereocenters. The smallest absolute Gasteiger partial charge is 0.306 e. The molecule has 0 saturated carbocycles. The van der Waals surface area contributed by atoms with Gasteiger partial charge in [0.2, 0.25) is 0 Å². The molecule has 0 aromatic carbocycles. The first kappa shape index (κ1) is 14.8. The summed E-state index contributed by atoms with van der Waals surface area (Å²) in [4.78, 5) is 13.4. The lowest BCUT2D eigenvalue weighted by Crippen LogP contribution is -2.28. The van der Waals surface area contributed by atoms with Gasteiger partial charge < -0.3 is 9.64 Å². The zero-order valence-corrected chi connectivity index (χ0v) is 12.1. The van der Waals surface area contributed by atoms with Crippen molar-refractivity contribution in [2.75, 3.05) is 25.4 Å². The Bertz CT molecular complexity index is 251. The molecular formula is C12H21NO2S2. The summed E-state index contributed by atoms with van der Waals surface area (Å²) in [5.41, 5.74) is 0. The molecule has 1 aliphatic heterocycles. The summed E-state index contributed by atoms with van der Waals surface area (Å²) in [5, 5.41) is 0. The molecule has 0 unspecified atom stereocenters. The second-order valence-electron chi connectivity index (χ2n) is 4.07. The molecule has 0 aromatic rings. The standard InChI is InChI=1S/C12H21NO2S2/c1-2-15-11(14)7-10-17-12(16)13-8-5-3-4-6-9-13/h2-10H2,1H3. The van der Waals surface area contributed by atoms with Crippen LogP contribution in [0.4, 0.5) is 0 Å². The largest absolute Gasteiger partial charge is 0.466 e. The maximum atomic E-state index is 11.2. The fourth-order valence-electron chi connectivity index (χ4n) is 1.80. The Labute approximate surface area is 113 Å². The van der Waals surface area contributed by atoms with Crippen molar-refractivity contribution in [3.63, 3.8) is 0 Å². The Kier molecular flexibility index (Phi) is 7.60. The van der Waals surface area contributed by atoms with Gasteiger partial charge in [0.15, 0.2) is 0 Å². The highest BCUT2D eigenvalue weighted by atomic mass is 32.2. The van der Waals surface area contributed by atoms with Crippen molar-refractivity contribution in [2.24, 2.45) is 0 Å². The van der Waals surface area contributed by atoms with Crippen LogP contribution in [0.2, 0.25) is 0 Å². The van der Waals surface area contributed by atoms with Crippen LogP contribution in [0.1, 0.15) is 39.0 Å². The van der Waals surface area contributed by atoms with Crippen molar-refractivity contribution in [3.8, 4) is 0 Å². The van der Waals surface area contributed by atoms with Crippen molar-refractivity contribution >= 4 is 34.3 Å². The fraction of sp³-hybridized carbons (Fsp3) is 0.833. The van der Waals surface area contributed by atoms with E-state index in [0.717, 1.165) is 23.2 Å². The highest BCUT2D eigenvalue weighted by Gasteiger charge is 2.13. The fourth-order valence-corrected chi connectivity index (χ4v) is 3.04. The predicted octanol–water partition coefficient (Wildman–Crippen LogP) is 2.83. The summed E-state index contributed by atoms with van der Waals surface area (Å²) in [6.07, 6.45) is 5.54. The maximum Gasteiger partial charge on any atom is 0.306 e. The first-order valence-electron chi connectivity index (χ1n) is 6.31. The molecule has 3 nitrogen and oxygen atoms in total. The topological polar surface area (TPSA) is 29.5 Å². The minimum absolute atomic E-state index is 0.126. The molecule has 1 heterocycles. The van der Waals surface area contributed by atoms with Gasteiger partial charge in [0.25, 0.3) is 0 Å². The second kappa shape index (κ2) is 8.75. The normalized spacial score (nSPS) is 16.4. The zero-order chi connectivity index (χ0) is 12.5. The van der Waals surface area contributed by atoms with Crippen molar-refractivity contribution in [3.05, 3.63) is 0 Å². The number of likely N-dealkylation sites (tertiary alicyclic amines) is 1. The monoisotopic (exact) mass is 275 g/mol. The molecule has 0 radical (unpaired) electrons. The second-order valence-corrected chi connectivity index (χ2v) is 5.80. The van der Waals surface area contributed by atoms with E-state index in [1.807, 2.05) is 6.92 Å². The molecular weight excluding hydrogens is 254 g/mol. The van der Waals surface area contributed by atoms with Crippen LogP contribution in [0.15, 0.2) is 0 Å². The van der Waals surface area contributed by atoms with Crippen LogP contribution in [-0.4, -0.2) is 40.6 Å². The van der Waals surface area contributed by atoms with Gasteiger partial charge in [-0.3, -0.25) is 4.79 Å². The Morgan fingerprint density at radius 3 is 2.53 bits per heavy atom. The number of carbonyl (C=O) groups is 1. The van der Waals surface area contributed by atoms with Crippen LogP contribution in [0, 0.1) is 0 Å².